The van der Waals surface area contributed by atoms with Crippen LogP contribution in [0.2, 0.25) is 0 Å². The zero-order chi connectivity index (χ0) is 13.3. The minimum Gasteiger partial charge on any atom is -0.350 e. The van der Waals surface area contributed by atoms with E-state index in [0.717, 1.165) is 24.5 Å². The van der Waals surface area contributed by atoms with Crippen molar-refractivity contribution in [2.24, 2.45) is 5.73 Å². The highest BCUT2D eigenvalue weighted by Crippen LogP contribution is 2.16. The van der Waals surface area contributed by atoms with Gasteiger partial charge in [-0.25, -0.2) is 9.67 Å². The SMILES string of the molecule is CC(C)c1nc2n(n1)CC(NC(=O)[C@@H](C)N)CC2. The number of aryl methyl sites for hydroxylation is 1. The van der Waals surface area contributed by atoms with E-state index < -0.39 is 6.04 Å². The van der Waals surface area contributed by atoms with Crippen LogP contribution in [0.15, 0.2) is 0 Å². The molecule has 2 heterocycles. The Labute approximate surface area is 107 Å². The van der Waals surface area contributed by atoms with Gasteiger partial charge in [0.15, 0.2) is 5.82 Å². The van der Waals surface area contributed by atoms with E-state index >= 15 is 0 Å². The van der Waals surface area contributed by atoms with Gasteiger partial charge in [0, 0.05) is 18.4 Å². The number of nitrogens with one attached hydrogen (secondary N) is 1. The standard InChI is InChI=1S/C12H21N5O/c1-7(2)11-15-10-5-4-9(6-17(10)16-11)14-12(18)8(3)13/h7-9H,4-6,13H2,1-3H3,(H,14,18)/t8-,9?/m1/s1. The van der Waals surface area contributed by atoms with Crippen LogP contribution in [-0.4, -0.2) is 32.8 Å². The highest BCUT2D eigenvalue weighted by molar-refractivity contribution is 5.81. The number of hydrogen-bond donors (Lipinski definition) is 2. The van der Waals surface area contributed by atoms with Crippen LogP contribution in [0, 0.1) is 0 Å². The summed E-state index contributed by atoms with van der Waals surface area (Å²) in [5.74, 6) is 2.13. The molecule has 0 saturated heterocycles. The topological polar surface area (TPSA) is 85.8 Å². The van der Waals surface area contributed by atoms with E-state index in [1.807, 2.05) is 4.68 Å². The minimum absolute atomic E-state index is 0.104. The molecule has 0 bridgehead atoms. The van der Waals surface area contributed by atoms with E-state index in [1.165, 1.54) is 0 Å². The molecule has 1 amide bonds. The Morgan fingerprint density at radius 3 is 2.83 bits per heavy atom. The third-order valence-electron chi connectivity index (χ3n) is 3.15. The fourth-order valence-electron chi connectivity index (χ4n) is 2.02. The Morgan fingerprint density at radius 1 is 1.50 bits per heavy atom. The summed E-state index contributed by atoms with van der Waals surface area (Å²) in [6, 6.07) is -0.355. The molecule has 6 nitrogen and oxygen atoms in total. The van der Waals surface area contributed by atoms with Gasteiger partial charge in [-0.2, -0.15) is 5.10 Å². The molecule has 6 heteroatoms. The predicted molar refractivity (Wildman–Crippen MR) is 68.0 cm³/mol. The molecule has 0 fully saturated rings. The summed E-state index contributed by atoms with van der Waals surface area (Å²) < 4.78 is 1.91. The molecule has 0 aromatic carbocycles. The van der Waals surface area contributed by atoms with Crippen molar-refractivity contribution in [3.8, 4) is 0 Å². The van der Waals surface area contributed by atoms with Gasteiger partial charge >= 0.3 is 0 Å². The van der Waals surface area contributed by atoms with Crippen molar-refractivity contribution >= 4 is 5.91 Å². The molecule has 3 N–H and O–H groups in total. The molecule has 18 heavy (non-hydrogen) atoms. The lowest BCUT2D eigenvalue weighted by Gasteiger charge is -2.24. The fraction of sp³-hybridized carbons (Fsp3) is 0.750. The number of fused-ring (bicyclic) bond motifs is 1. The zero-order valence-electron chi connectivity index (χ0n) is 11.2. The first-order chi connectivity index (χ1) is 8.47. The maximum atomic E-state index is 11.6. The lowest BCUT2D eigenvalue weighted by Crippen LogP contribution is -2.47. The van der Waals surface area contributed by atoms with Crippen LogP contribution < -0.4 is 11.1 Å². The second-order valence-corrected chi connectivity index (χ2v) is 5.26. The average Bonchev–Trinajstić information content (AvgIpc) is 2.71. The molecule has 0 aliphatic carbocycles. The molecule has 0 radical (unpaired) electrons. The summed E-state index contributed by atoms with van der Waals surface area (Å²) in [6.07, 6.45) is 1.75. The van der Waals surface area contributed by atoms with Crippen molar-refractivity contribution < 1.29 is 4.79 Å². The van der Waals surface area contributed by atoms with E-state index in [1.54, 1.807) is 6.92 Å². The summed E-state index contributed by atoms with van der Waals surface area (Å²) >= 11 is 0. The summed E-state index contributed by atoms with van der Waals surface area (Å²) in [4.78, 5) is 16.1. The van der Waals surface area contributed by atoms with Crippen molar-refractivity contribution in [1.29, 1.82) is 0 Å². The smallest absolute Gasteiger partial charge is 0.236 e. The molecule has 1 unspecified atom stereocenters. The largest absolute Gasteiger partial charge is 0.350 e. The Bertz CT molecular complexity index is 438. The first-order valence-electron chi connectivity index (χ1n) is 6.47. The second-order valence-electron chi connectivity index (χ2n) is 5.26. The molecular formula is C12H21N5O. The van der Waals surface area contributed by atoms with Crippen LogP contribution >= 0.6 is 0 Å². The van der Waals surface area contributed by atoms with E-state index in [-0.39, 0.29) is 11.9 Å². The monoisotopic (exact) mass is 251 g/mol. The molecule has 0 spiro atoms. The number of hydrogen-bond acceptors (Lipinski definition) is 4. The van der Waals surface area contributed by atoms with Crippen molar-refractivity contribution in [1.82, 2.24) is 20.1 Å². The highest BCUT2D eigenvalue weighted by Gasteiger charge is 2.24. The number of rotatable bonds is 3. The Kier molecular flexibility index (Phi) is 3.65. The molecule has 1 aliphatic heterocycles. The van der Waals surface area contributed by atoms with Crippen LogP contribution in [-0.2, 0) is 17.8 Å². The molecule has 100 valence electrons. The molecule has 1 aliphatic rings. The van der Waals surface area contributed by atoms with Crippen LogP contribution in [0.25, 0.3) is 0 Å². The third kappa shape index (κ3) is 2.69. The molecule has 1 aromatic heterocycles. The number of carbonyl (C=O) groups excluding carboxylic acids is 1. The lowest BCUT2D eigenvalue weighted by atomic mass is 10.1. The van der Waals surface area contributed by atoms with Crippen molar-refractivity contribution in [2.75, 3.05) is 0 Å². The van der Waals surface area contributed by atoms with Crippen molar-refractivity contribution in [2.45, 2.75) is 58.2 Å². The number of nitrogens with two attached hydrogens (primary N) is 1. The minimum atomic E-state index is -0.464. The average molecular weight is 251 g/mol. The first kappa shape index (κ1) is 13.0. The van der Waals surface area contributed by atoms with Gasteiger partial charge < -0.3 is 11.1 Å². The van der Waals surface area contributed by atoms with Crippen LogP contribution in [0.4, 0.5) is 0 Å². The molecule has 1 aromatic rings. The van der Waals surface area contributed by atoms with E-state index in [2.05, 4.69) is 29.2 Å². The summed E-state index contributed by atoms with van der Waals surface area (Å²) in [5.41, 5.74) is 5.54. The van der Waals surface area contributed by atoms with Gasteiger partial charge in [-0.3, -0.25) is 4.79 Å². The van der Waals surface area contributed by atoms with Gasteiger partial charge in [-0.05, 0) is 13.3 Å². The summed E-state index contributed by atoms with van der Waals surface area (Å²) in [5, 5.41) is 7.42. The third-order valence-corrected chi connectivity index (χ3v) is 3.15. The molecule has 2 atom stereocenters. The normalized spacial score (nSPS) is 20.6. The maximum absolute atomic E-state index is 11.6. The highest BCUT2D eigenvalue weighted by atomic mass is 16.2. The zero-order valence-corrected chi connectivity index (χ0v) is 11.2. The van der Waals surface area contributed by atoms with E-state index in [0.29, 0.717) is 12.5 Å². The maximum Gasteiger partial charge on any atom is 0.236 e. The molecule has 0 saturated carbocycles. The number of nitrogens with zero attached hydrogens (tertiary/aromatic N) is 3. The summed E-state index contributed by atoms with van der Waals surface area (Å²) in [7, 11) is 0. The quantitative estimate of drug-likeness (QED) is 0.802. The van der Waals surface area contributed by atoms with Gasteiger partial charge in [-0.15, -0.1) is 0 Å². The number of aromatic nitrogens is 3. The van der Waals surface area contributed by atoms with Crippen LogP contribution in [0.3, 0.4) is 0 Å². The number of carbonyl (C=O) groups is 1. The molecular weight excluding hydrogens is 230 g/mol. The fourth-order valence-corrected chi connectivity index (χ4v) is 2.02. The van der Waals surface area contributed by atoms with E-state index in [9.17, 15) is 4.79 Å². The number of amides is 1. The Hall–Kier alpha value is -1.43. The molecule has 2 rings (SSSR count). The second kappa shape index (κ2) is 5.06. The van der Waals surface area contributed by atoms with Crippen molar-refractivity contribution in [3.05, 3.63) is 11.6 Å². The van der Waals surface area contributed by atoms with Crippen LogP contribution in [0.5, 0.6) is 0 Å². The van der Waals surface area contributed by atoms with Gasteiger partial charge in [0.05, 0.1) is 12.6 Å². The van der Waals surface area contributed by atoms with Gasteiger partial charge in [0.2, 0.25) is 5.91 Å². The summed E-state index contributed by atoms with van der Waals surface area (Å²) in [6.45, 7) is 6.54. The van der Waals surface area contributed by atoms with Gasteiger partial charge in [0.1, 0.15) is 5.82 Å². The van der Waals surface area contributed by atoms with Gasteiger partial charge in [0.25, 0.3) is 0 Å². The van der Waals surface area contributed by atoms with Gasteiger partial charge in [-0.1, -0.05) is 13.8 Å². The predicted octanol–water partition coefficient (Wildman–Crippen LogP) is 0.180. The lowest BCUT2D eigenvalue weighted by molar-refractivity contribution is -0.122. The first-order valence-corrected chi connectivity index (χ1v) is 6.47. The van der Waals surface area contributed by atoms with Crippen molar-refractivity contribution in [3.63, 3.8) is 0 Å². The Balaban J connectivity index is 2.03. The van der Waals surface area contributed by atoms with Crippen LogP contribution in [0.1, 0.15) is 44.8 Å². The van der Waals surface area contributed by atoms with E-state index in [4.69, 9.17) is 5.73 Å². The Morgan fingerprint density at radius 2 is 2.22 bits per heavy atom.